The van der Waals surface area contributed by atoms with Crippen LogP contribution in [0.15, 0.2) is 11.4 Å². The molecule has 0 aliphatic rings. The van der Waals surface area contributed by atoms with Crippen LogP contribution >= 0.6 is 22.9 Å². The van der Waals surface area contributed by atoms with Gasteiger partial charge in [0.25, 0.3) is 0 Å². The van der Waals surface area contributed by atoms with Crippen LogP contribution in [-0.2, 0) is 0 Å². The molecule has 2 rings (SSSR count). The van der Waals surface area contributed by atoms with Gasteiger partial charge in [0.15, 0.2) is 0 Å². The molecule has 0 saturated carbocycles. The van der Waals surface area contributed by atoms with Crippen molar-refractivity contribution < 1.29 is 0 Å². The summed E-state index contributed by atoms with van der Waals surface area (Å²) in [5.41, 5.74) is 0. The fraction of sp³-hybridized carbons (Fsp3) is 0.375. The molecule has 0 fully saturated rings. The lowest BCUT2D eigenvalue weighted by atomic mass is 10.1. The van der Waals surface area contributed by atoms with Crippen molar-refractivity contribution in [2.75, 3.05) is 0 Å². The molecular weight excluding hydrogens is 174 g/mol. The number of aromatic nitrogens is 1. The van der Waals surface area contributed by atoms with E-state index >= 15 is 0 Å². The van der Waals surface area contributed by atoms with Gasteiger partial charge in [-0.15, -0.1) is 11.3 Å². The zero-order valence-corrected chi connectivity index (χ0v) is 8.13. The lowest BCUT2D eigenvalue weighted by molar-refractivity contribution is 0.897. The van der Waals surface area contributed by atoms with Crippen molar-refractivity contribution >= 4 is 33.1 Å². The second-order valence-electron chi connectivity index (χ2n) is 2.84. The highest BCUT2D eigenvalue weighted by Gasteiger charge is 2.09. The van der Waals surface area contributed by atoms with Crippen molar-refractivity contribution in [1.29, 1.82) is 0 Å². The summed E-state index contributed by atoms with van der Waals surface area (Å²) >= 11 is 3.36. The van der Waals surface area contributed by atoms with E-state index in [1.54, 1.807) is 22.9 Å². The molecule has 2 aromatic rings. The lowest BCUT2D eigenvalue weighted by Crippen LogP contribution is -1.79. The first-order valence-corrected chi connectivity index (χ1v) is 5.27. The summed E-state index contributed by atoms with van der Waals surface area (Å²) in [6, 6.07) is 2.17. The average Bonchev–Trinajstić information content (AvgIpc) is 2.41. The van der Waals surface area contributed by atoms with Crippen LogP contribution in [0.3, 0.4) is 0 Å². The molecule has 0 aromatic carbocycles. The summed E-state index contributed by atoms with van der Waals surface area (Å²) in [5, 5.41) is 3.46. The normalized spacial score (nSPS) is 11.5. The van der Waals surface area contributed by atoms with Crippen LogP contribution in [0.1, 0.15) is 24.6 Å². The molecule has 0 unspecified atom stereocenters. The first kappa shape index (κ1) is 7.25. The summed E-state index contributed by atoms with van der Waals surface area (Å²) < 4.78 is 4.36. The minimum absolute atomic E-state index is 0.611. The van der Waals surface area contributed by atoms with Gasteiger partial charge in [-0.2, -0.15) is 4.37 Å². The molecular formula is C8H9NS2. The van der Waals surface area contributed by atoms with Crippen LogP contribution < -0.4 is 0 Å². The van der Waals surface area contributed by atoms with E-state index in [2.05, 4.69) is 29.7 Å². The largest absolute Gasteiger partial charge is 0.181 e. The first-order valence-electron chi connectivity index (χ1n) is 3.62. The number of rotatable bonds is 1. The van der Waals surface area contributed by atoms with E-state index in [9.17, 15) is 0 Å². The van der Waals surface area contributed by atoms with Gasteiger partial charge in [0.1, 0.15) is 4.83 Å². The fourth-order valence-electron chi connectivity index (χ4n) is 1.12. The standard InChI is InChI=1S/C8H9NS2/c1-5(2)7-6-3-4-10-8(6)9-11-7/h3-5H,1-2H3. The van der Waals surface area contributed by atoms with Gasteiger partial charge < -0.3 is 0 Å². The summed E-state index contributed by atoms with van der Waals surface area (Å²) in [5.74, 6) is 0.611. The highest BCUT2D eigenvalue weighted by atomic mass is 32.1. The molecule has 0 atom stereocenters. The SMILES string of the molecule is CC(C)c1snc2sccc12. The van der Waals surface area contributed by atoms with E-state index in [0.717, 1.165) is 0 Å². The molecule has 1 nitrogen and oxygen atoms in total. The van der Waals surface area contributed by atoms with E-state index < -0.39 is 0 Å². The Morgan fingerprint density at radius 3 is 3.00 bits per heavy atom. The maximum Gasteiger partial charge on any atom is 0.137 e. The highest BCUT2D eigenvalue weighted by Crippen LogP contribution is 2.31. The van der Waals surface area contributed by atoms with Gasteiger partial charge in [0.2, 0.25) is 0 Å². The minimum Gasteiger partial charge on any atom is -0.181 e. The second-order valence-corrected chi connectivity index (χ2v) is 4.54. The summed E-state index contributed by atoms with van der Waals surface area (Å²) in [7, 11) is 0. The molecule has 0 bridgehead atoms. The van der Waals surface area contributed by atoms with E-state index in [1.165, 1.54) is 15.1 Å². The Bertz CT molecular complexity index is 359. The van der Waals surface area contributed by atoms with E-state index in [0.29, 0.717) is 5.92 Å². The van der Waals surface area contributed by atoms with Crippen LogP contribution in [0.25, 0.3) is 10.2 Å². The van der Waals surface area contributed by atoms with E-state index in [4.69, 9.17) is 0 Å². The topological polar surface area (TPSA) is 12.9 Å². The molecule has 2 aromatic heterocycles. The van der Waals surface area contributed by atoms with Crippen molar-refractivity contribution in [3.63, 3.8) is 0 Å². The number of hydrogen-bond acceptors (Lipinski definition) is 3. The van der Waals surface area contributed by atoms with Gasteiger partial charge in [-0.1, -0.05) is 13.8 Å². The molecule has 2 heterocycles. The quantitative estimate of drug-likeness (QED) is 0.659. The Morgan fingerprint density at radius 2 is 2.27 bits per heavy atom. The predicted molar refractivity (Wildman–Crippen MR) is 51.6 cm³/mol. The third-order valence-electron chi connectivity index (χ3n) is 1.66. The number of hydrogen-bond donors (Lipinski definition) is 0. The summed E-state index contributed by atoms with van der Waals surface area (Å²) in [4.78, 5) is 2.61. The Kier molecular flexibility index (Phi) is 1.69. The maximum absolute atomic E-state index is 4.36. The van der Waals surface area contributed by atoms with E-state index in [1.807, 2.05) is 0 Å². The Morgan fingerprint density at radius 1 is 1.45 bits per heavy atom. The number of nitrogens with zero attached hydrogens (tertiary/aromatic N) is 1. The van der Waals surface area contributed by atoms with Crippen molar-refractivity contribution in [3.05, 3.63) is 16.3 Å². The molecule has 11 heavy (non-hydrogen) atoms. The Hall–Kier alpha value is -0.410. The number of thiophene rings is 1. The van der Waals surface area contributed by atoms with Gasteiger partial charge in [0.05, 0.1) is 0 Å². The number of fused-ring (bicyclic) bond motifs is 1. The van der Waals surface area contributed by atoms with Crippen LogP contribution in [0, 0.1) is 0 Å². The predicted octanol–water partition coefficient (Wildman–Crippen LogP) is 3.48. The molecule has 0 N–H and O–H groups in total. The van der Waals surface area contributed by atoms with Crippen molar-refractivity contribution in [2.45, 2.75) is 19.8 Å². The van der Waals surface area contributed by atoms with Gasteiger partial charge in [-0.3, -0.25) is 0 Å². The van der Waals surface area contributed by atoms with Gasteiger partial charge >= 0.3 is 0 Å². The van der Waals surface area contributed by atoms with Crippen molar-refractivity contribution in [2.24, 2.45) is 0 Å². The molecule has 0 saturated heterocycles. The van der Waals surface area contributed by atoms with E-state index in [-0.39, 0.29) is 0 Å². The third-order valence-corrected chi connectivity index (χ3v) is 3.75. The molecule has 3 heteroatoms. The van der Waals surface area contributed by atoms with Gasteiger partial charge in [0, 0.05) is 10.3 Å². The molecule has 0 radical (unpaired) electrons. The Balaban J connectivity index is 2.68. The fourth-order valence-corrected chi connectivity index (χ4v) is 2.86. The monoisotopic (exact) mass is 183 g/mol. The van der Waals surface area contributed by atoms with Gasteiger partial charge in [-0.05, 0) is 28.9 Å². The molecule has 0 aliphatic heterocycles. The summed E-state index contributed by atoms with van der Waals surface area (Å²) in [6.45, 7) is 4.43. The van der Waals surface area contributed by atoms with Crippen molar-refractivity contribution in [3.8, 4) is 0 Å². The molecule has 0 spiro atoms. The molecule has 0 aliphatic carbocycles. The van der Waals surface area contributed by atoms with Crippen LogP contribution in [0.5, 0.6) is 0 Å². The zero-order chi connectivity index (χ0) is 7.84. The van der Waals surface area contributed by atoms with Crippen LogP contribution in [0.2, 0.25) is 0 Å². The van der Waals surface area contributed by atoms with Crippen LogP contribution in [0.4, 0.5) is 0 Å². The maximum atomic E-state index is 4.36. The molecule has 0 amide bonds. The smallest absolute Gasteiger partial charge is 0.137 e. The van der Waals surface area contributed by atoms with Gasteiger partial charge in [-0.25, -0.2) is 0 Å². The lowest BCUT2D eigenvalue weighted by Gasteiger charge is -1.96. The second kappa shape index (κ2) is 2.57. The average molecular weight is 183 g/mol. The van der Waals surface area contributed by atoms with Crippen LogP contribution in [-0.4, -0.2) is 4.37 Å². The Labute approximate surface area is 73.8 Å². The highest BCUT2D eigenvalue weighted by molar-refractivity contribution is 7.19. The first-order chi connectivity index (χ1) is 5.29. The third kappa shape index (κ3) is 1.08. The minimum atomic E-state index is 0.611. The molecule has 58 valence electrons. The summed E-state index contributed by atoms with van der Waals surface area (Å²) in [6.07, 6.45) is 0. The zero-order valence-electron chi connectivity index (χ0n) is 6.50. The van der Waals surface area contributed by atoms with Crippen molar-refractivity contribution in [1.82, 2.24) is 4.37 Å².